The topological polar surface area (TPSA) is 38.7 Å². The van der Waals surface area contributed by atoms with Crippen molar-refractivity contribution >= 4 is 23.4 Å². The van der Waals surface area contributed by atoms with Crippen molar-refractivity contribution < 1.29 is 0 Å². The van der Waals surface area contributed by atoms with Gasteiger partial charge >= 0.3 is 0 Å². The summed E-state index contributed by atoms with van der Waals surface area (Å²) in [6, 6.07) is 9.74. The Bertz CT molecular complexity index is 476. The molecule has 5 heteroatoms. The molecule has 0 bridgehead atoms. The van der Waals surface area contributed by atoms with E-state index in [0.29, 0.717) is 11.0 Å². The molecule has 16 heavy (non-hydrogen) atoms. The van der Waals surface area contributed by atoms with Crippen molar-refractivity contribution in [3.05, 3.63) is 35.6 Å². The molecule has 0 saturated heterocycles. The summed E-state index contributed by atoms with van der Waals surface area (Å²) in [6.07, 6.45) is 0. The Balaban J connectivity index is 2.41. The molecule has 0 N–H and O–H groups in total. The van der Waals surface area contributed by atoms with E-state index >= 15 is 0 Å². The number of hydrogen-bond donors (Lipinski definition) is 0. The molecule has 0 saturated carbocycles. The fraction of sp³-hybridized carbons (Fsp3) is 0.182. The van der Waals surface area contributed by atoms with Crippen LogP contribution in [0.5, 0.6) is 0 Å². The first-order chi connectivity index (χ1) is 7.79. The van der Waals surface area contributed by atoms with Crippen molar-refractivity contribution in [3.8, 4) is 11.4 Å². The van der Waals surface area contributed by atoms with Crippen LogP contribution in [-0.4, -0.2) is 20.7 Å². The second-order valence-electron chi connectivity index (χ2n) is 3.01. The van der Waals surface area contributed by atoms with E-state index in [2.05, 4.69) is 15.0 Å². The summed E-state index contributed by atoms with van der Waals surface area (Å²) in [5.41, 5.74) is 0.949. The van der Waals surface area contributed by atoms with Gasteiger partial charge in [0.05, 0.1) is 0 Å². The fourth-order valence-corrected chi connectivity index (χ4v) is 2.01. The SMILES string of the molecule is CCSc1nc(Cl)nc(-c2ccccc2)n1. The van der Waals surface area contributed by atoms with Gasteiger partial charge in [0.15, 0.2) is 11.0 Å². The van der Waals surface area contributed by atoms with Crippen LogP contribution in [0.2, 0.25) is 5.28 Å². The van der Waals surface area contributed by atoms with Crippen molar-refractivity contribution in [2.75, 3.05) is 5.75 Å². The summed E-state index contributed by atoms with van der Waals surface area (Å²) < 4.78 is 0. The van der Waals surface area contributed by atoms with Gasteiger partial charge in [-0.1, -0.05) is 49.0 Å². The Hall–Kier alpha value is -1.13. The number of rotatable bonds is 3. The maximum Gasteiger partial charge on any atom is 0.226 e. The Morgan fingerprint density at radius 1 is 1.12 bits per heavy atom. The van der Waals surface area contributed by atoms with Gasteiger partial charge in [-0.25, -0.2) is 4.98 Å². The summed E-state index contributed by atoms with van der Waals surface area (Å²) in [7, 11) is 0. The van der Waals surface area contributed by atoms with Gasteiger partial charge in [0.2, 0.25) is 5.28 Å². The molecule has 0 spiro atoms. The molecule has 0 amide bonds. The molecule has 0 aliphatic carbocycles. The Labute approximate surface area is 103 Å². The lowest BCUT2D eigenvalue weighted by Crippen LogP contribution is -1.95. The van der Waals surface area contributed by atoms with Gasteiger partial charge in [0.1, 0.15) is 0 Å². The highest BCUT2D eigenvalue weighted by molar-refractivity contribution is 7.99. The van der Waals surface area contributed by atoms with Crippen molar-refractivity contribution in [1.82, 2.24) is 15.0 Å². The lowest BCUT2D eigenvalue weighted by molar-refractivity contribution is 0.913. The highest BCUT2D eigenvalue weighted by Crippen LogP contribution is 2.20. The first-order valence-corrected chi connectivity index (χ1v) is 6.25. The Morgan fingerprint density at radius 2 is 1.88 bits per heavy atom. The van der Waals surface area contributed by atoms with E-state index in [4.69, 9.17) is 11.6 Å². The number of nitrogens with zero attached hydrogens (tertiary/aromatic N) is 3. The molecule has 3 nitrogen and oxygen atoms in total. The Morgan fingerprint density at radius 3 is 2.56 bits per heavy atom. The minimum absolute atomic E-state index is 0.241. The van der Waals surface area contributed by atoms with Gasteiger partial charge in [0.25, 0.3) is 0 Å². The Kier molecular flexibility index (Phi) is 3.74. The maximum atomic E-state index is 5.86. The molecule has 0 radical (unpaired) electrons. The molecule has 1 heterocycles. The van der Waals surface area contributed by atoms with Gasteiger partial charge in [-0.2, -0.15) is 9.97 Å². The predicted octanol–water partition coefficient (Wildman–Crippen LogP) is 3.30. The normalized spacial score (nSPS) is 10.4. The highest BCUT2D eigenvalue weighted by Gasteiger charge is 2.06. The van der Waals surface area contributed by atoms with Crippen LogP contribution in [0.15, 0.2) is 35.5 Å². The molecule has 0 aliphatic heterocycles. The van der Waals surface area contributed by atoms with Crippen LogP contribution in [0.1, 0.15) is 6.92 Å². The van der Waals surface area contributed by atoms with E-state index in [1.165, 1.54) is 0 Å². The second-order valence-corrected chi connectivity index (χ2v) is 4.58. The van der Waals surface area contributed by atoms with Crippen LogP contribution in [0.3, 0.4) is 0 Å². The molecule has 82 valence electrons. The third-order valence-corrected chi connectivity index (χ3v) is 2.79. The number of hydrogen-bond acceptors (Lipinski definition) is 4. The highest BCUT2D eigenvalue weighted by atomic mass is 35.5. The zero-order chi connectivity index (χ0) is 11.4. The predicted molar refractivity (Wildman–Crippen MR) is 66.7 cm³/mol. The molecule has 0 atom stereocenters. The summed E-state index contributed by atoms with van der Waals surface area (Å²) >= 11 is 7.41. The first kappa shape index (κ1) is 11.4. The van der Waals surface area contributed by atoms with Crippen LogP contribution in [-0.2, 0) is 0 Å². The maximum absolute atomic E-state index is 5.86. The van der Waals surface area contributed by atoms with E-state index in [9.17, 15) is 0 Å². The van der Waals surface area contributed by atoms with Gasteiger partial charge in [0, 0.05) is 5.56 Å². The zero-order valence-electron chi connectivity index (χ0n) is 8.72. The third kappa shape index (κ3) is 2.71. The third-order valence-electron chi connectivity index (χ3n) is 1.89. The van der Waals surface area contributed by atoms with E-state index < -0.39 is 0 Å². The summed E-state index contributed by atoms with van der Waals surface area (Å²) in [4.78, 5) is 12.5. The largest absolute Gasteiger partial charge is 0.226 e. The average Bonchev–Trinajstić information content (AvgIpc) is 2.30. The van der Waals surface area contributed by atoms with Gasteiger partial charge < -0.3 is 0 Å². The van der Waals surface area contributed by atoms with Crippen molar-refractivity contribution in [1.29, 1.82) is 0 Å². The number of aromatic nitrogens is 3. The number of benzene rings is 1. The van der Waals surface area contributed by atoms with Gasteiger partial charge in [-0.15, -0.1) is 0 Å². The van der Waals surface area contributed by atoms with Crippen molar-refractivity contribution in [3.63, 3.8) is 0 Å². The standard InChI is InChI=1S/C11H10ClN3S/c1-2-16-11-14-9(13-10(12)15-11)8-6-4-3-5-7-8/h3-7H,2H2,1H3. The quantitative estimate of drug-likeness (QED) is 0.785. The summed E-state index contributed by atoms with van der Waals surface area (Å²) in [6.45, 7) is 2.05. The molecule has 0 fully saturated rings. The lowest BCUT2D eigenvalue weighted by atomic mass is 10.2. The number of thioether (sulfide) groups is 1. The van der Waals surface area contributed by atoms with Crippen molar-refractivity contribution in [2.45, 2.75) is 12.1 Å². The zero-order valence-corrected chi connectivity index (χ0v) is 10.3. The number of halogens is 1. The molecule has 0 aliphatic rings. The summed E-state index contributed by atoms with van der Waals surface area (Å²) in [5, 5.41) is 0.908. The van der Waals surface area contributed by atoms with Crippen LogP contribution < -0.4 is 0 Å². The van der Waals surface area contributed by atoms with Crippen LogP contribution in [0, 0.1) is 0 Å². The smallest absolute Gasteiger partial charge is 0.202 e. The molecular formula is C11H10ClN3S. The van der Waals surface area contributed by atoms with E-state index in [0.717, 1.165) is 11.3 Å². The van der Waals surface area contributed by atoms with E-state index in [1.54, 1.807) is 11.8 Å². The molecule has 2 aromatic rings. The minimum atomic E-state index is 0.241. The monoisotopic (exact) mass is 251 g/mol. The fourth-order valence-electron chi connectivity index (χ4n) is 1.24. The van der Waals surface area contributed by atoms with Gasteiger partial charge in [-0.05, 0) is 17.4 Å². The molecule has 2 rings (SSSR count). The molecule has 1 aromatic heterocycles. The van der Waals surface area contributed by atoms with Crippen LogP contribution in [0.25, 0.3) is 11.4 Å². The van der Waals surface area contributed by atoms with Crippen molar-refractivity contribution in [2.24, 2.45) is 0 Å². The lowest BCUT2D eigenvalue weighted by Gasteiger charge is -2.02. The average molecular weight is 252 g/mol. The van der Waals surface area contributed by atoms with E-state index in [-0.39, 0.29) is 5.28 Å². The van der Waals surface area contributed by atoms with Crippen LogP contribution >= 0.6 is 23.4 Å². The second kappa shape index (κ2) is 5.27. The first-order valence-electron chi connectivity index (χ1n) is 4.89. The van der Waals surface area contributed by atoms with Gasteiger partial charge in [-0.3, -0.25) is 0 Å². The van der Waals surface area contributed by atoms with Crippen LogP contribution in [0.4, 0.5) is 0 Å². The minimum Gasteiger partial charge on any atom is -0.202 e. The molecule has 1 aromatic carbocycles. The molecule has 0 unspecified atom stereocenters. The van der Waals surface area contributed by atoms with E-state index in [1.807, 2.05) is 37.3 Å². The summed E-state index contributed by atoms with van der Waals surface area (Å²) in [5.74, 6) is 1.53. The molecular weight excluding hydrogens is 242 g/mol.